The van der Waals surface area contributed by atoms with E-state index >= 15 is 0 Å². The molecule has 0 unspecified atom stereocenters. The van der Waals surface area contributed by atoms with Gasteiger partial charge in [-0.05, 0) is 104 Å². The van der Waals surface area contributed by atoms with Gasteiger partial charge in [-0.3, -0.25) is 4.55 Å². The number of aliphatic hydroxyl groups excluding tert-OH is 3. The van der Waals surface area contributed by atoms with E-state index in [4.69, 9.17) is 4.55 Å². The van der Waals surface area contributed by atoms with E-state index < -0.39 is 16.5 Å². The van der Waals surface area contributed by atoms with Crippen molar-refractivity contribution in [3.8, 4) is 0 Å². The summed E-state index contributed by atoms with van der Waals surface area (Å²) < 4.78 is 34.8. The molecule has 0 bridgehead atoms. The molecule has 4 fully saturated rings. The summed E-state index contributed by atoms with van der Waals surface area (Å²) >= 11 is 0. The molecule has 4 rings (SSSR count). The Balaban J connectivity index is 0.00000306. The minimum absolute atomic E-state index is 0. The quantitative estimate of drug-likeness (QED) is 0.253. The summed E-state index contributed by atoms with van der Waals surface area (Å²) in [5, 5.41) is 33.1. The first-order valence-electron chi connectivity index (χ1n) is 12.5. The molecule has 33 heavy (non-hydrogen) atoms. The fourth-order valence-electron chi connectivity index (χ4n) is 8.90. The predicted octanol–water partition coefficient (Wildman–Crippen LogP) is 2.80. The molecule has 0 aromatic carbocycles. The largest absolute Gasteiger partial charge is 0.397 e. The SMILES string of the molecule is C[C@H](CCCOS(=O)(=O)O)[C@H]1CC[C@H]2[C@@H]3[C@H](O)C[C@H]4C[C@H](O)CC[C@]4(C)[C@H]3C[C@H](O)[C@]12C.[Na]. The Labute approximate surface area is 221 Å². The first kappa shape index (κ1) is 28.3. The van der Waals surface area contributed by atoms with Crippen molar-refractivity contribution in [1.82, 2.24) is 0 Å². The summed E-state index contributed by atoms with van der Waals surface area (Å²) in [6.07, 6.45) is 6.26. The van der Waals surface area contributed by atoms with Gasteiger partial charge in [0.15, 0.2) is 0 Å². The van der Waals surface area contributed by atoms with Gasteiger partial charge in [0, 0.05) is 29.6 Å². The topological polar surface area (TPSA) is 124 Å². The third-order valence-corrected chi connectivity index (χ3v) is 11.0. The van der Waals surface area contributed by atoms with Crippen LogP contribution < -0.4 is 0 Å². The van der Waals surface area contributed by atoms with Crippen LogP contribution in [0.4, 0.5) is 0 Å². The summed E-state index contributed by atoms with van der Waals surface area (Å²) in [6.45, 7) is 6.69. The molecule has 0 spiro atoms. The van der Waals surface area contributed by atoms with Crippen LogP contribution >= 0.6 is 0 Å². The van der Waals surface area contributed by atoms with Crippen molar-refractivity contribution >= 4 is 40.0 Å². The molecule has 0 aromatic heterocycles. The van der Waals surface area contributed by atoms with Crippen LogP contribution in [-0.2, 0) is 14.6 Å². The van der Waals surface area contributed by atoms with E-state index in [1.807, 2.05) is 0 Å². The van der Waals surface area contributed by atoms with Crippen LogP contribution in [0.3, 0.4) is 0 Å². The molecule has 0 heterocycles. The van der Waals surface area contributed by atoms with Crippen molar-refractivity contribution in [2.75, 3.05) is 6.61 Å². The van der Waals surface area contributed by atoms with E-state index in [-0.39, 0.29) is 82.9 Å². The van der Waals surface area contributed by atoms with Crippen LogP contribution in [0, 0.1) is 46.3 Å². The van der Waals surface area contributed by atoms with E-state index in [0.29, 0.717) is 24.7 Å². The standard InChI is InChI=1S/C24H42O7S.Na/c1-14(5-4-10-31-32(28,29)30)17-6-7-18-22-19(13-21(27)24(17,18)3)23(2)9-8-16(25)11-15(23)12-20(22)26;/h14-22,25-27H,4-13H2,1-3H3,(H,28,29,30);/t14-,15-,16-,17-,18+,19+,20-,21+,22+,23+,24-;/m1./s1. The van der Waals surface area contributed by atoms with E-state index in [0.717, 1.165) is 44.9 Å². The van der Waals surface area contributed by atoms with Gasteiger partial charge in [-0.2, -0.15) is 8.42 Å². The fourth-order valence-corrected chi connectivity index (χ4v) is 9.23. The molecular weight excluding hydrogens is 455 g/mol. The molecule has 7 nitrogen and oxygen atoms in total. The Bertz CT molecular complexity index is 794. The molecule has 0 saturated heterocycles. The Morgan fingerprint density at radius 3 is 2.39 bits per heavy atom. The molecule has 187 valence electrons. The van der Waals surface area contributed by atoms with Crippen molar-refractivity contribution in [2.45, 2.75) is 96.9 Å². The second kappa shape index (κ2) is 10.3. The molecule has 9 heteroatoms. The van der Waals surface area contributed by atoms with E-state index in [9.17, 15) is 23.7 Å². The van der Waals surface area contributed by atoms with Crippen LogP contribution in [0.2, 0.25) is 0 Å². The number of rotatable bonds is 6. The summed E-state index contributed by atoms with van der Waals surface area (Å²) in [6, 6.07) is 0. The van der Waals surface area contributed by atoms with Gasteiger partial charge < -0.3 is 15.3 Å². The zero-order valence-electron chi connectivity index (χ0n) is 20.7. The molecule has 4 saturated carbocycles. The van der Waals surface area contributed by atoms with Crippen molar-refractivity contribution in [1.29, 1.82) is 0 Å². The summed E-state index contributed by atoms with van der Waals surface area (Å²) in [7, 11) is -4.40. The molecular formula is C24H42NaO7S. The smallest absolute Gasteiger partial charge is 0.393 e. The molecule has 0 amide bonds. The van der Waals surface area contributed by atoms with Gasteiger partial charge in [0.05, 0.1) is 24.9 Å². The number of hydrogen-bond acceptors (Lipinski definition) is 6. The normalized spacial score (nSPS) is 48.2. The monoisotopic (exact) mass is 497 g/mol. The summed E-state index contributed by atoms with van der Waals surface area (Å²) in [5.41, 5.74) is -0.189. The Kier molecular flexibility index (Phi) is 8.80. The molecule has 11 atom stereocenters. The van der Waals surface area contributed by atoms with Gasteiger partial charge >= 0.3 is 10.4 Å². The Morgan fingerprint density at radius 1 is 1.03 bits per heavy atom. The van der Waals surface area contributed by atoms with Crippen LogP contribution in [0.1, 0.15) is 78.6 Å². The van der Waals surface area contributed by atoms with Crippen LogP contribution in [0.15, 0.2) is 0 Å². The number of hydrogen-bond donors (Lipinski definition) is 4. The molecule has 4 aliphatic carbocycles. The molecule has 0 aromatic rings. The number of fused-ring (bicyclic) bond motifs is 5. The van der Waals surface area contributed by atoms with Gasteiger partial charge in [0.2, 0.25) is 0 Å². The first-order chi connectivity index (χ1) is 14.9. The molecule has 0 aliphatic heterocycles. The zero-order valence-corrected chi connectivity index (χ0v) is 23.5. The average molecular weight is 498 g/mol. The number of aliphatic hydroxyl groups is 3. The maximum Gasteiger partial charge on any atom is 0.397 e. The average Bonchev–Trinajstić information content (AvgIpc) is 3.05. The van der Waals surface area contributed by atoms with Crippen LogP contribution in [-0.4, -0.2) is 82.8 Å². The first-order valence-corrected chi connectivity index (χ1v) is 13.9. The summed E-state index contributed by atoms with van der Waals surface area (Å²) in [5.74, 6) is 1.67. The van der Waals surface area contributed by atoms with Crippen molar-refractivity contribution in [3.63, 3.8) is 0 Å². The van der Waals surface area contributed by atoms with Gasteiger partial charge in [-0.25, -0.2) is 4.18 Å². The fraction of sp³-hybridized carbons (Fsp3) is 1.00. The van der Waals surface area contributed by atoms with Crippen LogP contribution in [0.5, 0.6) is 0 Å². The van der Waals surface area contributed by atoms with Crippen molar-refractivity contribution < 1.29 is 32.5 Å². The summed E-state index contributed by atoms with van der Waals surface area (Å²) in [4.78, 5) is 0. The predicted molar refractivity (Wildman–Crippen MR) is 126 cm³/mol. The maximum atomic E-state index is 11.6. The second-order valence-corrected chi connectivity index (χ2v) is 13.0. The Hall–Kier alpha value is 0.750. The van der Waals surface area contributed by atoms with Gasteiger partial charge in [0.1, 0.15) is 0 Å². The third-order valence-electron chi connectivity index (χ3n) is 10.6. The van der Waals surface area contributed by atoms with E-state index in [1.165, 1.54) is 0 Å². The molecule has 4 N–H and O–H groups in total. The maximum absolute atomic E-state index is 11.6. The van der Waals surface area contributed by atoms with Crippen LogP contribution in [0.25, 0.3) is 0 Å². The minimum atomic E-state index is -4.40. The zero-order chi connectivity index (χ0) is 23.5. The van der Waals surface area contributed by atoms with E-state index in [1.54, 1.807) is 0 Å². The van der Waals surface area contributed by atoms with Gasteiger partial charge in [-0.15, -0.1) is 0 Å². The van der Waals surface area contributed by atoms with E-state index in [2.05, 4.69) is 25.0 Å². The van der Waals surface area contributed by atoms with Gasteiger partial charge in [0.25, 0.3) is 0 Å². The van der Waals surface area contributed by atoms with Gasteiger partial charge in [-0.1, -0.05) is 20.8 Å². The molecule has 4 aliphatic rings. The minimum Gasteiger partial charge on any atom is -0.393 e. The molecule has 1 radical (unpaired) electrons. The third kappa shape index (κ3) is 5.12. The second-order valence-electron chi connectivity index (χ2n) is 11.9. The van der Waals surface area contributed by atoms with Crippen molar-refractivity contribution in [3.05, 3.63) is 0 Å². The van der Waals surface area contributed by atoms with Crippen molar-refractivity contribution in [2.24, 2.45) is 46.3 Å². The Morgan fingerprint density at radius 2 is 1.73 bits per heavy atom.